The monoisotopic (exact) mass is 538 g/mol. The number of nitrogens with zero attached hydrogens (tertiary/aromatic N) is 3. The minimum absolute atomic E-state index is 0.0538. The summed E-state index contributed by atoms with van der Waals surface area (Å²) >= 11 is 0. The van der Waals surface area contributed by atoms with E-state index in [-0.39, 0.29) is 23.8 Å². The van der Waals surface area contributed by atoms with Gasteiger partial charge in [-0.2, -0.15) is 0 Å². The standard InChI is InChI=1S/C27H34N6O6/c1-14-23(35)18(12-16-6-4-10-28-13-16)30-25(37)20(31-26(38)22-19(34)7-5-11-29-22)15(2)33(3)27(39)21(17-8-9-17)32-24(14)36/h4-7,10-11,13-15,17-18,20-21,23,34-35H,8-9,12H2,1-3H3,(H,30,37)(H,31,38)(H,32,36)/t14-,15-,18+,20+,21?,23+/m1/s1. The fourth-order valence-electron chi connectivity index (χ4n) is 4.73. The Morgan fingerprint density at radius 1 is 1.10 bits per heavy atom. The molecule has 1 unspecified atom stereocenters. The number of nitrogens with one attached hydrogen (secondary N) is 3. The Balaban J connectivity index is 1.70. The van der Waals surface area contributed by atoms with E-state index in [9.17, 15) is 29.4 Å². The van der Waals surface area contributed by atoms with Crippen LogP contribution in [0, 0.1) is 11.8 Å². The third-order valence-electron chi connectivity index (χ3n) is 7.51. The van der Waals surface area contributed by atoms with Crippen molar-refractivity contribution in [1.29, 1.82) is 0 Å². The van der Waals surface area contributed by atoms with E-state index >= 15 is 0 Å². The SMILES string of the molecule is C[C@@H]1[C@H](NC(=O)c2ncccc2O)C(=O)N[C@@H](Cc2cccnc2)[C@@H](O)[C@@H](C)C(=O)NC(C2CC2)C(=O)N1C. The highest BCUT2D eigenvalue weighted by atomic mass is 16.3. The molecule has 2 aliphatic rings. The molecule has 6 atom stereocenters. The van der Waals surface area contributed by atoms with Crippen LogP contribution < -0.4 is 16.0 Å². The quantitative estimate of drug-likeness (QED) is 0.347. The summed E-state index contributed by atoms with van der Waals surface area (Å²) < 4.78 is 0. The smallest absolute Gasteiger partial charge is 0.274 e. The number of rotatable bonds is 5. The minimum Gasteiger partial charge on any atom is -0.505 e. The second-order valence-corrected chi connectivity index (χ2v) is 10.3. The van der Waals surface area contributed by atoms with Gasteiger partial charge in [0, 0.05) is 25.6 Å². The van der Waals surface area contributed by atoms with E-state index in [0.29, 0.717) is 0 Å². The van der Waals surface area contributed by atoms with E-state index in [1.54, 1.807) is 31.5 Å². The average molecular weight is 539 g/mol. The summed E-state index contributed by atoms with van der Waals surface area (Å²) in [5.41, 5.74) is 0.443. The van der Waals surface area contributed by atoms with E-state index in [0.717, 1.165) is 18.4 Å². The lowest BCUT2D eigenvalue weighted by atomic mass is 9.91. The molecule has 1 aliphatic heterocycles. The molecular weight excluding hydrogens is 504 g/mol. The van der Waals surface area contributed by atoms with Crippen molar-refractivity contribution in [2.24, 2.45) is 11.8 Å². The van der Waals surface area contributed by atoms with E-state index in [2.05, 4.69) is 25.9 Å². The minimum atomic E-state index is -1.31. The predicted octanol–water partition coefficient (Wildman–Crippen LogP) is -0.240. The average Bonchev–Trinajstić information content (AvgIpc) is 3.77. The molecule has 12 nitrogen and oxygen atoms in total. The van der Waals surface area contributed by atoms with Crippen LogP contribution in [-0.4, -0.2) is 86.0 Å². The summed E-state index contributed by atoms with van der Waals surface area (Å²) in [6.07, 6.45) is 4.90. The van der Waals surface area contributed by atoms with Crippen LogP contribution in [0.5, 0.6) is 5.75 Å². The van der Waals surface area contributed by atoms with Crippen molar-refractivity contribution in [3.05, 3.63) is 54.1 Å². The van der Waals surface area contributed by atoms with E-state index in [4.69, 9.17) is 0 Å². The molecule has 1 aliphatic carbocycles. The first-order valence-electron chi connectivity index (χ1n) is 13.0. The Morgan fingerprint density at radius 3 is 2.46 bits per heavy atom. The number of aliphatic hydroxyl groups is 1. The maximum atomic E-state index is 13.7. The largest absolute Gasteiger partial charge is 0.505 e. The van der Waals surface area contributed by atoms with Crippen molar-refractivity contribution in [2.45, 2.75) is 63.4 Å². The summed E-state index contributed by atoms with van der Waals surface area (Å²) in [4.78, 5) is 62.8. The van der Waals surface area contributed by atoms with Crippen LogP contribution in [0.15, 0.2) is 42.9 Å². The Morgan fingerprint density at radius 2 is 1.82 bits per heavy atom. The van der Waals surface area contributed by atoms with Gasteiger partial charge in [-0.15, -0.1) is 0 Å². The number of amides is 4. The molecule has 4 amide bonds. The van der Waals surface area contributed by atoms with Crippen molar-refractivity contribution in [1.82, 2.24) is 30.8 Å². The van der Waals surface area contributed by atoms with Crippen LogP contribution in [0.2, 0.25) is 0 Å². The lowest BCUT2D eigenvalue weighted by Crippen LogP contribution is -2.64. The first-order chi connectivity index (χ1) is 18.6. The molecule has 2 aromatic rings. The van der Waals surface area contributed by atoms with Gasteiger partial charge >= 0.3 is 0 Å². The number of hydrogen-bond acceptors (Lipinski definition) is 8. The van der Waals surface area contributed by atoms with Gasteiger partial charge in [-0.1, -0.05) is 13.0 Å². The van der Waals surface area contributed by atoms with E-state index in [1.807, 2.05) is 0 Å². The van der Waals surface area contributed by atoms with Crippen LogP contribution in [-0.2, 0) is 20.8 Å². The molecule has 4 rings (SSSR count). The summed E-state index contributed by atoms with van der Waals surface area (Å²) in [7, 11) is 1.51. The van der Waals surface area contributed by atoms with Gasteiger partial charge in [0.15, 0.2) is 5.69 Å². The van der Waals surface area contributed by atoms with Gasteiger partial charge in [-0.25, -0.2) is 4.98 Å². The zero-order valence-corrected chi connectivity index (χ0v) is 22.1. The zero-order chi connectivity index (χ0) is 28.3. The molecule has 0 aromatic carbocycles. The van der Waals surface area contributed by atoms with Crippen molar-refractivity contribution in [3.63, 3.8) is 0 Å². The van der Waals surface area contributed by atoms with E-state index < -0.39 is 59.8 Å². The van der Waals surface area contributed by atoms with Crippen molar-refractivity contribution >= 4 is 23.6 Å². The van der Waals surface area contributed by atoms with Crippen molar-refractivity contribution < 1.29 is 29.4 Å². The van der Waals surface area contributed by atoms with Crippen LogP contribution in [0.3, 0.4) is 0 Å². The summed E-state index contributed by atoms with van der Waals surface area (Å²) in [5, 5.41) is 29.6. The highest BCUT2D eigenvalue weighted by Gasteiger charge is 2.44. The van der Waals surface area contributed by atoms with E-state index in [1.165, 1.54) is 37.2 Å². The summed E-state index contributed by atoms with van der Waals surface area (Å²) in [6, 6.07) is 2.38. The number of aromatic hydroxyl groups is 1. The molecule has 1 saturated carbocycles. The highest BCUT2D eigenvalue weighted by molar-refractivity contribution is 5.98. The Hall–Kier alpha value is -4.06. The molecule has 208 valence electrons. The molecule has 39 heavy (non-hydrogen) atoms. The molecule has 2 aromatic heterocycles. The lowest BCUT2D eigenvalue weighted by molar-refractivity contribution is -0.142. The number of carbonyl (C=O) groups is 4. The molecular formula is C27H34N6O6. The van der Waals surface area contributed by atoms with Gasteiger partial charge in [0.1, 0.15) is 17.8 Å². The number of aromatic nitrogens is 2. The summed E-state index contributed by atoms with van der Waals surface area (Å²) in [5.74, 6) is -3.75. The third-order valence-corrected chi connectivity index (χ3v) is 7.51. The number of pyridine rings is 2. The normalized spacial score (nSPS) is 28.5. The molecule has 2 fully saturated rings. The van der Waals surface area contributed by atoms with Gasteiger partial charge in [-0.3, -0.25) is 24.2 Å². The Bertz CT molecular complexity index is 1220. The van der Waals surface area contributed by atoms with Crippen LogP contribution in [0.1, 0.15) is 42.7 Å². The van der Waals surface area contributed by atoms with Gasteiger partial charge in [0.05, 0.1) is 24.1 Å². The van der Waals surface area contributed by atoms with Gasteiger partial charge in [-0.05, 0) is 55.9 Å². The second-order valence-electron chi connectivity index (χ2n) is 10.3. The molecule has 1 saturated heterocycles. The molecule has 0 bridgehead atoms. The molecule has 5 N–H and O–H groups in total. The Kier molecular flexibility index (Phi) is 8.44. The van der Waals surface area contributed by atoms with Gasteiger partial charge in [0.25, 0.3) is 5.91 Å². The molecule has 0 radical (unpaired) electrons. The fourth-order valence-corrected chi connectivity index (χ4v) is 4.73. The van der Waals surface area contributed by atoms with Crippen LogP contribution in [0.4, 0.5) is 0 Å². The maximum Gasteiger partial charge on any atom is 0.274 e. The molecule has 12 heteroatoms. The molecule has 0 spiro atoms. The number of carbonyl (C=O) groups excluding carboxylic acids is 4. The maximum absolute atomic E-state index is 13.7. The van der Waals surface area contributed by atoms with Gasteiger partial charge < -0.3 is 31.1 Å². The number of likely N-dealkylation sites (N-methyl/N-ethyl adjacent to an activating group) is 1. The number of aliphatic hydroxyl groups excluding tert-OH is 1. The predicted molar refractivity (Wildman–Crippen MR) is 139 cm³/mol. The lowest BCUT2D eigenvalue weighted by Gasteiger charge is -2.37. The number of hydrogen-bond donors (Lipinski definition) is 5. The zero-order valence-electron chi connectivity index (χ0n) is 22.1. The Labute approximate surface area is 226 Å². The van der Waals surface area contributed by atoms with Crippen LogP contribution in [0.25, 0.3) is 0 Å². The third kappa shape index (κ3) is 6.33. The van der Waals surface area contributed by atoms with Crippen molar-refractivity contribution in [2.75, 3.05) is 7.05 Å². The first kappa shape index (κ1) is 28.0. The van der Waals surface area contributed by atoms with Crippen molar-refractivity contribution in [3.8, 4) is 5.75 Å². The molecule has 3 heterocycles. The highest BCUT2D eigenvalue weighted by Crippen LogP contribution is 2.34. The summed E-state index contributed by atoms with van der Waals surface area (Å²) in [6.45, 7) is 3.14. The second kappa shape index (κ2) is 11.8. The first-order valence-corrected chi connectivity index (χ1v) is 13.0. The van der Waals surface area contributed by atoms with Gasteiger partial charge in [0.2, 0.25) is 17.7 Å². The van der Waals surface area contributed by atoms with Crippen LogP contribution >= 0.6 is 0 Å². The topological polar surface area (TPSA) is 174 Å². The fraction of sp³-hybridized carbons (Fsp3) is 0.481.